The molecule has 2 amide bonds. The molecule has 0 aromatic carbocycles. The van der Waals surface area contributed by atoms with Crippen molar-refractivity contribution in [1.82, 2.24) is 10.2 Å². The van der Waals surface area contributed by atoms with E-state index < -0.39 is 0 Å². The van der Waals surface area contributed by atoms with E-state index in [4.69, 9.17) is 0 Å². The lowest BCUT2D eigenvalue weighted by atomic mass is 10.2. The number of carbonyl (C=O) groups excluding carboxylic acids is 2. The number of nitrogens with zero attached hydrogens (tertiary/aromatic N) is 1. The summed E-state index contributed by atoms with van der Waals surface area (Å²) in [6.45, 7) is 3.24. The molecule has 15 heavy (non-hydrogen) atoms. The number of carbonyl (C=O) groups is 2. The topological polar surface area (TPSA) is 49.4 Å². The van der Waals surface area contributed by atoms with Gasteiger partial charge in [0.05, 0.1) is 6.67 Å². The maximum Gasteiger partial charge on any atom is 0.223 e. The number of unbranched alkanes of at least 4 members (excludes halogenated alkanes) is 1. The molecular weight excluding hydrogens is 192 g/mol. The molecule has 0 unspecified atom stereocenters. The minimum Gasteiger partial charge on any atom is -0.338 e. The van der Waals surface area contributed by atoms with E-state index in [1.165, 1.54) is 0 Å². The summed E-state index contributed by atoms with van der Waals surface area (Å²) in [7, 11) is 0. The number of rotatable bonds is 3. The zero-order chi connectivity index (χ0) is 11.1. The van der Waals surface area contributed by atoms with Crippen molar-refractivity contribution >= 4 is 11.8 Å². The molecule has 0 saturated carbocycles. The third kappa shape index (κ3) is 4.32. The van der Waals surface area contributed by atoms with E-state index in [0.717, 1.165) is 32.2 Å². The van der Waals surface area contributed by atoms with Gasteiger partial charge < -0.3 is 10.2 Å². The van der Waals surface area contributed by atoms with Crippen LogP contribution in [0.5, 0.6) is 0 Å². The standard InChI is InChI=1S/C11H20N2O2/c1-2-3-8-13-9-12-10(14)6-4-5-7-11(13)15/h2-9H2,1H3,(H,12,14). The lowest BCUT2D eigenvalue weighted by Gasteiger charge is -2.21. The summed E-state index contributed by atoms with van der Waals surface area (Å²) in [4.78, 5) is 24.7. The SMILES string of the molecule is CCCCN1CNC(=O)CCCCC1=O. The number of amides is 2. The molecule has 0 radical (unpaired) electrons. The van der Waals surface area contributed by atoms with Crippen molar-refractivity contribution in [3.05, 3.63) is 0 Å². The van der Waals surface area contributed by atoms with Crippen LogP contribution in [0.4, 0.5) is 0 Å². The first kappa shape index (κ1) is 12.0. The van der Waals surface area contributed by atoms with Gasteiger partial charge in [-0.2, -0.15) is 0 Å². The Hall–Kier alpha value is -1.06. The molecule has 0 aromatic heterocycles. The van der Waals surface area contributed by atoms with E-state index >= 15 is 0 Å². The van der Waals surface area contributed by atoms with Gasteiger partial charge in [-0.05, 0) is 19.3 Å². The van der Waals surface area contributed by atoms with E-state index in [1.54, 1.807) is 4.90 Å². The van der Waals surface area contributed by atoms with Crippen LogP contribution in [-0.2, 0) is 9.59 Å². The summed E-state index contributed by atoms with van der Waals surface area (Å²) in [6, 6.07) is 0. The molecule has 0 aliphatic carbocycles. The second-order valence-corrected chi connectivity index (χ2v) is 3.98. The molecule has 1 saturated heterocycles. The van der Waals surface area contributed by atoms with Crippen molar-refractivity contribution in [2.75, 3.05) is 13.2 Å². The van der Waals surface area contributed by atoms with Crippen molar-refractivity contribution in [2.24, 2.45) is 0 Å². The Morgan fingerprint density at radius 3 is 2.73 bits per heavy atom. The highest BCUT2D eigenvalue weighted by molar-refractivity contribution is 5.79. The van der Waals surface area contributed by atoms with E-state index in [1.807, 2.05) is 0 Å². The summed E-state index contributed by atoms with van der Waals surface area (Å²) in [5, 5.41) is 2.78. The number of hydrogen-bond donors (Lipinski definition) is 1. The van der Waals surface area contributed by atoms with E-state index in [-0.39, 0.29) is 11.8 Å². The summed E-state index contributed by atoms with van der Waals surface area (Å²) >= 11 is 0. The highest BCUT2D eigenvalue weighted by Crippen LogP contribution is 2.06. The summed E-state index contributed by atoms with van der Waals surface area (Å²) < 4.78 is 0. The molecule has 0 aromatic rings. The minimum atomic E-state index is 0.0613. The maximum atomic E-state index is 11.7. The Labute approximate surface area is 91.0 Å². The third-order valence-electron chi connectivity index (χ3n) is 2.65. The van der Waals surface area contributed by atoms with Crippen molar-refractivity contribution in [3.8, 4) is 0 Å². The second kappa shape index (κ2) is 6.43. The fourth-order valence-electron chi connectivity index (χ4n) is 1.63. The molecule has 1 N–H and O–H groups in total. The summed E-state index contributed by atoms with van der Waals surface area (Å²) in [5.74, 6) is 0.233. The lowest BCUT2D eigenvalue weighted by Crippen LogP contribution is -2.40. The van der Waals surface area contributed by atoms with Gasteiger partial charge in [0.1, 0.15) is 0 Å². The average molecular weight is 212 g/mol. The molecule has 1 fully saturated rings. The first-order valence-corrected chi connectivity index (χ1v) is 5.78. The van der Waals surface area contributed by atoms with Crippen LogP contribution >= 0.6 is 0 Å². The Kier molecular flexibility index (Phi) is 5.15. The van der Waals surface area contributed by atoms with Gasteiger partial charge in [-0.1, -0.05) is 13.3 Å². The molecule has 4 nitrogen and oxygen atoms in total. The van der Waals surface area contributed by atoms with Crippen molar-refractivity contribution in [1.29, 1.82) is 0 Å². The van der Waals surface area contributed by atoms with Gasteiger partial charge in [-0.25, -0.2) is 0 Å². The van der Waals surface area contributed by atoms with Crippen molar-refractivity contribution in [2.45, 2.75) is 45.4 Å². The largest absolute Gasteiger partial charge is 0.338 e. The predicted molar refractivity (Wildman–Crippen MR) is 58.1 cm³/mol. The van der Waals surface area contributed by atoms with Crippen LogP contribution in [0.1, 0.15) is 45.4 Å². The van der Waals surface area contributed by atoms with Gasteiger partial charge in [0.15, 0.2) is 0 Å². The summed E-state index contributed by atoms with van der Waals surface area (Å²) in [6.07, 6.45) is 4.85. The average Bonchev–Trinajstić information content (AvgIpc) is 2.30. The molecule has 4 heteroatoms. The first-order chi connectivity index (χ1) is 7.24. The highest BCUT2D eigenvalue weighted by atomic mass is 16.2. The van der Waals surface area contributed by atoms with Gasteiger partial charge in [0, 0.05) is 19.4 Å². The summed E-state index contributed by atoms with van der Waals surface area (Å²) in [5.41, 5.74) is 0. The van der Waals surface area contributed by atoms with Gasteiger partial charge in [0.2, 0.25) is 11.8 Å². The van der Waals surface area contributed by atoms with Crippen molar-refractivity contribution in [3.63, 3.8) is 0 Å². The Morgan fingerprint density at radius 2 is 2.00 bits per heavy atom. The van der Waals surface area contributed by atoms with Crippen LogP contribution in [0.15, 0.2) is 0 Å². The predicted octanol–water partition coefficient (Wildman–Crippen LogP) is 1.26. The number of hydrogen-bond acceptors (Lipinski definition) is 2. The van der Waals surface area contributed by atoms with Crippen LogP contribution < -0.4 is 5.32 Å². The zero-order valence-corrected chi connectivity index (χ0v) is 9.42. The Bertz CT molecular complexity index is 229. The third-order valence-corrected chi connectivity index (χ3v) is 2.65. The monoisotopic (exact) mass is 212 g/mol. The Morgan fingerprint density at radius 1 is 1.27 bits per heavy atom. The van der Waals surface area contributed by atoms with Crippen LogP contribution in [0.25, 0.3) is 0 Å². The molecular formula is C11H20N2O2. The van der Waals surface area contributed by atoms with Gasteiger partial charge in [0.25, 0.3) is 0 Å². The van der Waals surface area contributed by atoms with Crippen LogP contribution in [0.3, 0.4) is 0 Å². The van der Waals surface area contributed by atoms with E-state index in [0.29, 0.717) is 19.5 Å². The molecule has 1 heterocycles. The molecule has 0 bridgehead atoms. The van der Waals surface area contributed by atoms with Crippen molar-refractivity contribution < 1.29 is 9.59 Å². The van der Waals surface area contributed by atoms with E-state index in [2.05, 4.69) is 12.2 Å². The molecule has 1 aliphatic heterocycles. The van der Waals surface area contributed by atoms with Crippen LogP contribution in [-0.4, -0.2) is 29.9 Å². The first-order valence-electron chi connectivity index (χ1n) is 5.78. The lowest BCUT2D eigenvalue weighted by molar-refractivity contribution is -0.132. The molecule has 0 spiro atoms. The smallest absolute Gasteiger partial charge is 0.223 e. The Balaban J connectivity index is 2.47. The van der Waals surface area contributed by atoms with Crippen LogP contribution in [0, 0.1) is 0 Å². The van der Waals surface area contributed by atoms with Gasteiger partial charge in [-0.15, -0.1) is 0 Å². The normalized spacial score (nSPS) is 19.1. The second-order valence-electron chi connectivity index (χ2n) is 3.98. The molecule has 1 rings (SSSR count). The quantitative estimate of drug-likeness (QED) is 0.765. The van der Waals surface area contributed by atoms with Gasteiger partial charge in [-0.3, -0.25) is 9.59 Å². The maximum absolute atomic E-state index is 11.7. The fourth-order valence-corrected chi connectivity index (χ4v) is 1.63. The molecule has 1 aliphatic rings. The number of nitrogens with one attached hydrogen (secondary N) is 1. The van der Waals surface area contributed by atoms with Gasteiger partial charge >= 0.3 is 0 Å². The minimum absolute atomic E-state index is 0.0613. The van der Waals surface area contributed by atoms with Crippen LogP contribution in [0.2, 0.25) is 0 Å². The molecule has 0 atom stereocenters. The zero-order valence-electron chi connectivity index (χ0n) is 9.42. The highest BCUT2D eigenvalue weighted by Gasteiger charge is 2.15. The molecule has 86 valence electrons. The fraction of sp³-hybridized carbons (Fsp3) is 0.818. The van der Waals surface area contributed by atoms with E-state index in [9.17, 15) is 9.59 Å².